The van der Waals surface area contributed by atoms with Gasteiger partial charge in [-0.05, 0) is 37.8 Å². The second kappa shape index (κ2) is 5.95. The molecule has 1 unspecified atom stereocenters. The van der Waals surface area contributed by atoms with Gasteiger partial charge < -0.3 is 5.11 Å². The van der Waals surface area contributed by atoms with Crippen LogP contribution in [0.5, 0.6) is 0 Å². The molecule has 5 heteroatoms. The average Bonchev–Trinajstić information content (AvgIpc) is 3.09. The fourth-order valence-electron chi connectivity index (χ4n) is 3.53. The number of aromatic nitrogens is 2. The number of nitrogens with zero attached hydrogens (tertiary/aromatic N) is 3. The van der Waals surface area contributed by atoms with Gasteiger partial charge in [0.05, 0.1) is 11.7 Å². The molecule has 0 radical (unpaired) electrons. The van der Waals surface area contributed by atoms with Crippen molar-refractivity contribution >= 4 is 5.97 Å². The van der Waals surface area contributed by atoms with Crippen molar-refractivity contribution in [2.45, 2.75) is 51.1 Å². The van der Waals surface area contributed by atoms with Crippen LogP contribution in [0.3, 0.4) is 0 Å². The van der Waals surface area contributed by atoms with Crippen molar-refractivity contribution in [1.82, 2.24) is 14.7 Å². The molecule has 1 aromatic rings. The summed E-state index contributed by atoms with van der Waals surface area (Å²) in [6.45, 7) is 2.74. The predicted molar refractivity (Wildman–Crippen MR) is 75.4 cm³/mol. The van der Waals surface area contributed by atoms with Gasteiger partial charge in [0.25, 0.3) is 0 Å². The molecule has 1 aliphatic carbocycles. The largest absolute Gasteiger partial charge is 0.481 e. The van der Waals surface area contributed by atoms with E-state index in [0.29, 0.717) is 18.4 Å². The Balaban J connectivity index is 1.52. The van der Waals surface area contributed by atoms with Crippen LogP contribution in [0, 0.1) is 5.92 Å². The molecule has 20 heavy (non-hydrogen) atoms. The monoisotopic (exact) mass is 277 g/mol. The number of hydrogen-bond acceptors (Lipinski definition) is 3. The van der Waals surface area contributed by atoms with E-state index in [1.165, 1.54) is 25.7 Å². The van der Waals surface area contributed by atoms with Crippen LogP contribution in [0.15, 0.2) is 12.3 Å². The number of hydrogen-bond donors (Lipinski definition) is 1. The van der Waals surface area contributed by atoms with Gasteiger partial charge in [-0.15, -0.1) is 0 Å². The van der Waals surface area contributed by atoms with Crippen LogP contribution < -0.4 is 0 Å². The minimum absolute atomic E-state index is 0.299. The van der Waals surface area contributed by atoms with Gasteiger partial charge in [0, 0.05) is 25.7 Å². The summed E-state index contributed by atoms with van der Waals surface area (Å²) in [5.74, 6) is -0.369. The molecule has 2 heterocycles. The van der Waals surface area contributed by atoms with E-state index < -0.39 is 5.97 Å². The van der Waals surface area contributed by atoms with E-state index in [2.05, 4.69) is 21.8 Å². The maximum absolute atomic E-state index is 10.7. The Labute approximate surface area is 119 Å². The molecule has 5 nitrogen and oxygen atoms in total. The fourth-order valence-corrected chi connectivity index (χ4v) is 3.53. The Morgan fingerprint density at radius 2 is 2.15 bits per heavy atom. The number of carbonyl (C=O) groups is 1. The number of carboxylic acid groups (broad SMARTS) is 1. The third-order valence-corrected chi connectivity index (χ3v) is 4.58. The van der Waals surface area contributed by atoms with E-state index in [9.17, 15) is 4.79 Å². The van der Waals surface area contributed by atoms with Gasteiger partial charge in [-0.25, -0.2) is 0 Å². The van der Waals surface area contributed by atoms with Gasteiger partial charge in [-0.3, -0.25) is 14.4 Å². The minimum atomic E-state index is -0.678. The lowest BCUT2D eigenvalue weighted by atomic mass is 10.1. The topological polar surface area (TPSA) is 58.4 Å². The Morgan fingerprint density at radius 3 is 2.90 bits per heavy atom. The quantitative estimate of drug-likeness (QED) is 0.897. The van der Waals surface area contributed by atoms with Crippen molar-refractivity contribution in [1.29, 1.82) is 0 Å². The third-order valence-electron chi connectivity index (χ3n) is 4.58. The van der Waals surface area contributed by atoms with Crippen molar-refractivity contribution in [2.75, 3.05) is 13.1 Å². The Kier molecular flexibility index (Phi) is 4.05. The van der Waals surface area contributed by atoms with Crippen LogP contribution >= 0.6 is 0 Å². The predicted octanol–water partition coefficient (Wildman–Crippen LogP) is 2.29. The van der Waals surface area contributed by atoms with Gasteiger partial charge in [0.2, 0.25) is 0 Å². The number of carboxylic acids is 1. The summed E-state index contributed by atoms with van der Waals surface area (Å²) in [5.41, 5.74) is 1.12. The first-order chi connectivity index (χ1) is 9.70. The summed E-state index contributed by atoms with van der Waals surface area (Å²) >= 11 is 0. The van der Waals surface area contributed by atoms with E-state index >= 15 is 0 Å². The van der Waals surface area contributed by atoms with E-state index in [1.54, 1.807) is 0 Å². The molecule has 110 valence electrons. The lowest BCUT2D eigenvalue weighted by Crippen LogP contribution is -2.21. The molecule has 1 N–H and O–H groups in total. The molecule has 0 bridgehead atoms. The molecule has 2 fully saturated rings. The summed E-state index contributed by atoms with van der Waals surface area (Å²) in [6, 6.07) is 2.71. The van der Waals surface area contributed by atoms with Gasteiger partial charge in [-0.2, -0.15) is 5.10 Å². The van der Waals surface area contributed by atoms with E-state index in [4.69, 9.17) is 10.2 Å². The van der Waals surface area contributed by atoms with E-state index in [-0.39, 0.29) is 0 Å². The van der Waals surface area contributed by atoms with Crippen LogP contribution in [0.4, 0.5) is 0 Å². The second-order valence-corrected chi connectivity index (χ2v) is 6.21. The van der Waals surface area contributed by atoms with Gasteiger partial charge in [0.1, 0.15) is 0 Å². The fraction of sp³-hybridized carbons (Fsp3) is 0.733. The second-order valence-electron chi connectivity index (χ2n) is 6.21. The zero-order valence-electron chi connectivity index (χ0n) is 11.9. The summed E-state index contributed by atoms with van der Waals surface area (Å²) in [5, 5.41) is 13.5. The summed E-state index contributed by atoms with van der Waals surface area (Å²) in [4.78, 5) is 13.1. The molecule has 0 aromatic carbocycles. The Bertz CT molecular complexity index is 465. The van der Waals surface area contributed by atoms with Crippen molar-refractivity contribution < 1.29 is 9.90 Å². The molecule has 1 saturated heterocycles. The molecule has 1 aromatic heterocycles. The molecule has 1 aliphatic heterocycles. The van der Waals surface area contributed by atoms with Crippen molar-refractivity contribution in [3.8, 4) is 0 Å². The van der Waals surface area contributed by atoms with Crippen LogP contribution in [-0.2, 0) is 11.3 Å². The van der Waals surface area contributed by atoms with Crippen LogP contribution in [0.25, 0.3) is 0 Å². The average molecular weight is 277 g/mol. The molecule has 1 atom stereocenters. The standard InChI is InChI=1S/C15H23N3O2/c19-15(20)9-12-5-7-17(10-12)11-13-6-8-18(16-13)14-3-1-2-4-14/h6,8,12,14H,1-5,7,9-11H2,(H,19,20). The van der Waals surface area contributed by atoms with Crippen LogP contribution in [0.1, 0.15) is 50.3 Å². The zero-order chi connectivity index (χ0) is 13.9. The molecule has 0 amide bonds. The molecule has 2 aliphatic rings. The van der Waals surface area contributed by atoms with Crippen molar-refractivity contribution in [3.63, 3.8) is 0 Å². The molecular weight excluding hydrogens is 254 g/mol. The highest BCUT2D eigenvalue weighted by molar-refractivity contribution is 5.67. The lowest BCUT2D eigenvalue weighted by molar-refractivity contribution is -0.138. The summed E-state index contributed by atoms with van der Waals surface area (Å²) < 4.78 is 2.13. The molecular formula is C15H23N3O2. The van der Waals surface area contributed by atoms with Gasteiger partial charge >= 0.3 is 5.97 Å². The van der Waals surface area contributed by atoms with Gasteiger partial charge in [-0.1, -0.05) is 12.8 Å². The number of rotatable bonds is 5. The van der Waals surface area contributed by atoms with Gasteiger partial charge in [0.15, 0.2) is 0 Å². The minimum Gasteiger partial charge on any atom is -0.481 e. The Hall–Kier alpha value is -1.36. The highest BCUT2D eigenvalue weighted by Gasteiger charge is 2.25. The maximum atomic E-state index is 10.7. The van der Waals surface area contributed by atoms with Crippen molar-refractivity contribution in [3.05, 3.63) is 18.0 Å². The van der Waals surface area contributed by atoms with Crippen molar-refractivity contribution in [2.24, 2.45) is 5.92 Å². The molecule has 1 saturated carbocycles. The third kappa shape index (κ3) is 3.20. The van der Waals surface area contributed by atoms with Crippen LogP contribution in [0.2, 0.25) is 0 Å². The summed E-state index contributed by atoms with van der Waals surface area (Å²) in [7, 11) is 0. The lowest BCUT2D eigenvalue weighted by Gasteiger charge is -2.14. The molecule has 0 spiro atoms. The number of aliphatic carboxylic acids is 1. The van der Waals surface area contributed by atoms with E-state index in [0.717, 1.165) is 31.7 Å². The number of likely N-dealkylation sites (tertiary alicyclic amines) is 1. The SMILES string of the molecule is O=C(O)CC1CCN(Cc2ccn(C3CCCC3)n2)C1. The highest BCUT2D eigenvalue weighted by Crippen LogP contribution is 2.29. The maximum Gasteiger partial charge on any atom is 0.303 e. The Morgan fingerprint density at radius 1 is 1.35 bits per heavy atom. The first kappa shape index (κ1) is 13.6. The first-order valence-electron chi connectivity index (χ1n) is 7.69. The first-order valence-corrected chi connectivity index (χ1v) is 7.69. The smallest absolute Gasteiger partial charge is 0.303 e. The normalized spacial score (nSPS) is 24.5. The van der Waals surface area contributed by atoms with Crippen LogP contribution in [-0.4, -0.2) is 38.8 Å². The summed E-state index contributed by atoms with van der Waals surface area (Å²) in [6.07, 6.45) is 8.56. The van der Waals surface area contributed by atoms with E-state index in [1.807, 2.05) is 0 Å². The highest BCUT2D eigenvalue weighted by atomic mass is 16.4. The zero-order valence-corrected chi connectivity index (χ0v) is 11.9. The molecule has 3 rings (SSSR count).